The van der Waals surface area contributed by atoms with Gasteiger partial charge in [-0.1, -0.05) is 39.8 Å². The lowest BCUT2D eigenvalue weighted by Crippen LogP contribution is -2.37. The van der Waals surface area contributed by atoms with Gasteiger partial charge in [-0.25, -0.2) is 8.78 Å². The molecule has 1 aliphatic heterocycles. The van der Waals surface area contributed by atoms with Gasteiger partial charge in [0.1, 0.15) is 11.6 Å². The highest BCUT2D eigenvalue weighted by molar-refractivity contribution is 9.10. The second-order valence-electron chi connectivity index (χ2n) is 6.22. The van der Waals surface area contributed by atoms with E-state index in [0.29, 0.717) is 58.9 Å². The van der Waals surface area contributed by atoms with Gasteiger partial charge in [0.2, 0.25) is 5.95 Å². The van der Waals surface area contributed by atoms with E-state index in [0.717, 1.165) is 0 Å². The molecule has 146 valence electrons. The third kappa shape index (κ3) is 4.21. The fraction of sp³-hybridized carbons (Fsp3) is 0.263. The molecule has 1 saturated heterocycles. The number of rotatable bonds is 5. The molecule has 1 fully saturated rings. The van der Waals surface area contributed by atoms with E-state index in [1.165, 1.54) is 30.0 Å². The van der Waals surface area contributed by atoms with Gasteiger partial charge in [0.25, 0.3) is 0 Å². The van der Waals surface area contributed by atoms with E-state index in [4.69, 9.17) is 4.74 Å². The minimum absolute atomic E-state index is 0.285. The highest BCUT2D eigenvalue weighted by atomic mass is 79.9. The molecule has 0 unspecified atom stereocenters. The Kier molecular flexibility index (Phi) is 5.93. The molecule has 4 rings (SSSR count). The van der Waals surface area contributed by atoms with E-state index >= 15 is 0 Å². The molecule has 0 aliphatic carbocycles. The maximum Gasteiger partial charge on any atom is 0.232 e. The van der Waals surface area contributed by atoms with Crippen LogP contribution < -0.4 is 4.90 Å². The molecule has 0 amide bonds. The molecule has 2 heterocycles. The van der Waals surface area contributed by atoms with Crippen LogP contribution >= 0.6 is 27.7 Å². The number of nitrogens with zero attached hydrogens (tertiary/aromatic N) is 4. The minimum atomic E-state index is -0.339. The number of hydrogen-bond acceptors (Lipinski definition) is 5. The monoisotopic (exact) mass is 466 g/mol. The Hall–Kier alpha value is -1.97. The average Bonchev–Trinajstić information content (AvgIpc) is 3.12. The van der Waals surface area contributed by atoms with Crippen molar-refractivity contribution in [1.82, 2.24) is 14.8 Å². The maximum atomic E-state index is 14.2. The number of anilines is 1. The van der Waals surface area contributed by atoms with E-state index in [1.54, 1.807) is 24.3 Å². The van der Waals surface area contributed by atoms with Crippen molar-refractivity contribution in [2.24, 2.45) is 0 Å². The van der Waals surface area contributed by atoms with Crippen molar-refractivity contribution >= 4 is 33.6 Å². The Morgan fingerprint density at radius 3 is 2.64 bits per heavy atom. The summed E-state index contributed by atoms with van der Waals surface area (Å²) in [6, 6.07) is 11.3. The van der Waals surface area contributed by atoms with E-state index in [2.05, 4.69) is 31.0 Å². The van der Waals surface area contributed by atoms with E-state index in [-0.39, 0.29) is 11.6 Å². The van der Waals surface area contributed by atoms with Crippen molar-refractivity contribution in [2.75, 3.05) is 31.2 Å². The zero-order valence-corrected chi connectivity index (χ0v) is 17.2. The van der Waals surface area contributed by atoms with Crippen molar-refractivity contribution in [2.45, 2.75) is 10.9 Å². The molecule has 0 bridgehead atoms. The summed E-state index contributed by atoms with van der Waals surface area (Å²) in [6.07, 6.45) is 0. The highest BCUT2D eigenvalue weighted by Gasteiger charge is 2.22. The van der Waals surface area contributed by atoms with Gasteiger partial charge in [0, 0.05) is 23.3 Å². The van der Waals surface area contributed by atoms with Crippen LogP contribution in [0.5, 0.6) is 0 Å². The molecule has 0 spiro atoms. The summed E-state index contributed by atoms with van der Waals surface area (Å²) in [7, 11) is 0. The van der Waals surface area contributed by atoms with Crippen molar-refractivity contribution in [3.63, 3.8) is 0 Å². The number of thioether (sulfide) groups is 1. The summed E-state index contributed by atoms with van der Waals surface area (Å²) in [6.45, 7) is 2.56. The molecule has 5 nitrogen and oxygen atoms in total. The highest BCUT2D eigenvalue weighted by Crippen LogP contribution is 2.30. The molecule has 0 radical (unpaired) electrons. The van der Waals surface area contributed by atoms with Crippen molar-refractivity contribution in [3.05, 3.63) is 64.1 Å². The van der Waals surface area contributed by atoms with Crippen molar-refractivity contribution in [3.8, 4) is 5.69 Å². The largest absolute Gasteiger partial charge is 0.378 e. The summed E-state index contributed by atoms with van der Waals surface area (Å²) in [4.78, 5) is 2.06. The van der Waals surface area contributed by atoms with Gasteiger partial charge in [0.05, 0.1) is 18.9 Å². The predicted octanol–water partition coefficient (Wildman–Crippen LogP) is 4.44. The Bertz CT molecular complexity index is 978. The molecule has 2 aromatic carbocycles. The number of halogens is 3. The molecule has 1 aromatic heterocycles. The Morgan fingerprint density at radius 2 is 1.89 bits per heavy atom. The maximum absolute atomic E-state index is 14.2. The van der Waals surface area contributed by atoms with Crippen molar-refractivity contribution in [1.29, 1.82) is 0 Å². The molecule has 3 aromatic rings. The topological polar surface area (TPSA) is 43.2 Å². The third-order valence-corrected chi connectivity index (χ3v) is 5.82. The first kappa shape index (κ1) is 19.4. The summed E-state index contributed by atoms with van der Waals surface area (Å²) < 4.78 is 35.9. The number of benzene rings is 2. The summed E-state index contributed by atoms with van der Waals surface area (Å²) in [5.74, 6) is 0.393. The molecule has 28 heavy (non-hydrogen) atoms. The number of hydrogen-bond donors (Lipinski definition) is 0. The van der Waals surface area contributed by atoms with Crippen LogP contribution in [0.2, 0.25) is 0 Å². The second kappa shape index (κ2) is 8.59. The normalized spacial score (nSPS) is 14.5. The lowest BCUT2D eigenvalue weighted by atomic mass is 10.2. The van der Waals surface area contributed by atoms with Gasteiger partial charge in [-0.15, -0.1) is 10.2 Å². The van der Waals surface area contributed by atoms with Gasteiger partial charge in [-0.2, -0.15) is 0 Å². The molecule has 1 aliphatic rings. The van der Waals surface area contributed by atoms with Crippen LogP contribution in [0.1, 0.15) is 5.56 Å². The molecule has 9 heteroatoms. The number of aromatic nitrogens is 3. The van der Waals surface area contributed by atoms with E-state index in [1.807, 2.05) is 4.57 Å². The fourth-order valence-electron chi connectivity index (χ4n) is 2.95. The van der Waals surface area contributed by atoms with Crippen LogP contribution in [0.4, 0.5) is 14.7 Å². The molecular weight excluding hydrogens is 450 g/mol. The Labute approximate surface area is 173 Å². The van der Waals surface area contributed by atoms with Crippen LogP contribution in [-0.4, -0.2) is 41.1 Å². The van der Waals surface area contributed by atoms with E-state index in [9.17, 15) is 8.78 Å². The lowest BCUT2D eigenvalue weighted by Gasteiger charge is -2.27. The standard InChI is InChI=1S/C19H17BrF2N4OS/c20-14-5-4-13(17(22)10-14)12-28-19-24-23-18(25-6-8-27-9-7-25)26(19)16-3-1-2-15(21)11-16/h1-5,10-11H,6-9,12H2. The van der Waals surface area contributed by atoms with Crippen LogP contribution in [0.3, 0.4) is 0 Å². The van der Waals surface area contributed by atoms with Gasteiger partial charge >= 0.3 is 0 Å². The zero-order chi connectivity index (χ0) is 19.5. The molecule has 0 atom stereocenters. The van der Waals surface area contributed by atoms with E-state index < -0.39 is 0 Å². The van der Waals surface area contributed by atoms with Gasteiger partial charge < -0.3 is 9.64 Å². The SMILES string of the molecule is Fc1cccc(-n2c(SCc3ccc(Br)cc3F)nnc2N2CCOCC2)c1. The summed E-state index contributed by atoms with van der Waals surface area (Å²) >= 11 is 4.62. The predicted molar refractivity (Wildman–Crippen MR) is 108 cm³/mol. The Balaban J connectivity index is 1.67. The zero-order valence-electron chi connectivity index (χ0n) is 14.8. The molecular formula is C19H17BrF2N4OS. The average molecular weight is 467 g/mol. The summed E-state index contributed by atoms with van der Waals surface area (Å²) in [5, 5.41) is 9.21. The Morgan fingerprint density at radius 1 is 1.07 bits per heavy atom. The first-order valence-corrected chi connectivity index (χ1v) is 10.5. The van der Waals surface area contributed by atoms with Crippen LogP contribution in [0, 0.1) is 11.6 Å². The summed E-state index contributed by atoms with van der Waals surface area (Å²) in [5.41, 5.74) is 1.19. The molecule has 0 N–H and O–H groups in total. The number of morpholine rings is 1. The quantitative estimate of drug-likeness (QED) is 0.520. The van der Waals surface area contributed by atoms with Crippen LogP contribution in [0.25, 0.3) is 5.69 Å². The third-order valence-electron chi connectivity index (χ3n) is 4.35. The molecule has 0 saturated carbocycles. The first-order valence-electron chi connectivity index (χ1n) is 8.72. The second-order valence-corrected chi connectivity index (χ2v) is 8.08. The fourth-order valence-corrected chi connectivity index (χ4v) is 4.21. The minimum Gasteiger partial charge on any atom is -0.378 e. The smallest absolute Gasteiger partial charge is 0.232 e. The van der Waals surface area contributed by atoms with Crippen molar-refractivity contribution < 1.29 is 13.5 Å². The van der Waals surface area contributed by atoms with Gasteiger partial charge in [0.15, 0.2) is 5.16 Å². The first-order chi connectivity index (χ1) is 13.6. The van der Waals surface area contributed by atoms with Gasteiger partial charge in [-0.05, 0) is 35.9 Å². The lowest BCUT2D eigenvalue weighted by molar-refractivity contribution is 0.122. The van der Waals surface area contributed by atoms with Crippen LogP contribution in [0.15, 0.2) is 52.1 Å². The number of ether oxygens (including phenoxy) is 1. The van der Waals surface area contributed by atoms with Crippen LogP contribution in [-0.2, 0) is 10.5 Å². The van der Waals surface area contributed by atoms with Gasteiger partial charge in [-0.3, -0.25) is 4.57 Å².